The average Bonchev–Trinajstić information content (AvgIpc) is 2.93. The molecule has 5 aromatic carbocycles. The molecule has 1 aliphatic rings. The first-order valence-electron chi connectivity index (χ1n) is 11.5. The maximum Gasteiger partial charge on any atom is 0.163 e. The Morgan fingerprint density at radius 1 is 0.412 bits per heavy atom. The molecular formula is C32H23NO. The van der Waals surface area contributed by atoms with Crippen LogP contribution in [-0.2, 0) is 0 Å². The summed E-state index contributed by atoms with van der Waals surface area (Å²) in [6, 6.07) is 46.3. The second kappa shape index (κ2) is 8.76. The van der Waals surface area contributed by atoms with E-state index in [9.17, 15) is 0 Å². The molecule has 2 nitrogen and oxygen atoms in total. The molecule has 0 saturated carbocycles. The van der Waals surface area contributed by atoms with Gasteiger partial charge in [-0.2, -0.15) is 0 Å². The van der Waals surface area contributed by atoms with Crippen molar-refractivity contribution in [1.82, 2.24) is 5.48 Å². The molecule has 0 atom stereocenters. The van der Waals surface area contributed by atoms with Gasteiger partial charge in [0, 0.05) is 22.3 Å². The third-order valence-electron chi connectivity index (χ3n) is 6.20. The number of fused-ring (bicyclic) bond motifs is 1. The van der Waals surface area contributed by atoms with Crippen LogP contribution in [0.4, 0.5) is 0 Å². The van der Waals surface area contributed by atoms with Gasteiger partial charge in [-0.05, 0) is 34.4 Å². The zero-order valence-electron chi connectivity index (χ0n) is 18.6. The number of nitrogens with one attached hydrogen (secondary N) is 1. The highest BCUT2D eigenvalue weighted by molar-refractivity contribution is 6.06. The highest BCUT2D eigenvalue weighted by Gasteiger charge is 2.28. The van der Waals surface area contributed by atoms with Crippen molar-refractivity contribution >= 4 is 11.3 Å². The summed E-state index contributed by atoms with van der Waals surface area (Å²) in [5, 5.41) is 0. The molecule has 1 heterocycles. The van der Waals surface area contributed by atoms with Gasteiger partial charge in [0.1, 0.15) is 0 Å². The number of hydroxylamine groups is 1. The van der Waals surface area contributed by atoms with E-state index in [1.54, 1.807) is 0 Å². The van der Waals surface area contributed by atoms with Gasteiger partial charge in [-0.15, -0.1) is 0 Å². The normalized spacial score (nSPS) is 12.5. The smallest absolute Gasteiger partial charge is 0.163 e. The molecule has 34 heavy (non-hydrogen) atoms. The lowest BCUT2D eigenvalue weighted by Crippen LogP contribution is -2.24. The van der Waals surface area contributed by atoms with Crippen LogP contribution in [0.2, 0.25) is 0 Å². The predicted molar refractivity (Wildman–Crippen MR) is 140 cm³/mol. The summed E-state index contributed by atoms with van der Waals surface area (Å²) in [7, 11) is 0. The van der Waals surface area contributed by atoms with Crippen molar-refractivity contribution in [2.75, 3.05) is 0 Å². The Hall–Kier alpha value is -4.56. The van der Waals surface area contributed by atoms with Gasteiger partial charge in [0.25, 0.3) is 0 Å². The van der Waals surface area contributed by atoms with E-state index in [1.165, 1.54) is 11.1 Å². The van der Waals surface area contributed by atoms with Gasteiger partial charge >= 0.3 is 0 Å². The first-order valence-corrected chi connectivity index (χ1v) is 11.5. The van der Waals surface area contributed by atoms with Crippen LogP contribution in [0.25, 0.3) is 33.5 Å². The summed E-state index contributed by atoms with van der Waals surface area (Å²) in [5.74, 6) is 0.817. The summed E-state index contributed by atoms with van der Waals surface area (Å²) in [4.78, 5) is 6.19. The van der Waals surface area contributed by atoms with Gasteiger partial charge in [-0.1, -0.05) is 121 Å². The molecule has 0 saturated heterocycles. The summed E-state index contributed by atoms with van der Waals surface area (Å²) in [5.41, 5.74) is 13.3. The van der Waals surface area contributed by atoms with Crippen LogP contribution >= 0.6 is 0 Å². The third-order valence-corrected chi connectivity index (χ3v) is 6.20. The minimum absolute atomic E-state index is 0.817. The topological polar surface area (TPSA) is 21.3 Å². The van der Waals surface area contributed by atoms with E-state index >= 15 is 0 Å². The van der Waals surface area contributed by atoms with Crippen LogP contribution in [0.3, 0.4) is 0 Å². The molecule has 0 spiro atoms. The van der Waals surface area contributed by atoms with Gasteiger partial charge < -0.3 is 4.84 Å². The maximum atomic E-state index is 6.19. The van der Waals surface area contributed by atoms with Crippen LogP contribution in [0.1, 0.15) is 16.7 Å². The van der Waals surface area contributed by atoms with E-state index in [4.69, 9.17) is 4.84 Å². The molecule has 0 amide bonds. The van der Waals surface area contributed by atoms with Crippen LogP contribution < -0.4 is 10.3 Å². The second-order valence-corrected chi connectivity index (χ2v) is 8.28. The van der Waals surface area contributed by atoms with E-state index in [0.29, 0.717) is 0 Å². The van der Waals surface area contributed by atoms with Crippen LogP contribution in [0.15, 0.2) is 133 Å². The average molecular weight is 438 g/mol. The van der Waals surface area contributed by atoms with Crippen LogP contribution in [0.5, 0.6) is 5.75 Å². The van der Waals surface area contributed by atoms with Crippen molar-refractivity contribution in [1.29, 1.82) is 0 Å². The summed E-state index contributed by atoms with van der Waals surface area (Å²) >= 11 is 0. The van der Waals surface area contributed by atoms with Crippen molar-refractivity contribution in [3.8, 4) is 28.0 Å². The molecule has 0 unspecified atom stereocenters. The minimum Gasteiger partial charge on any atom is -0.381 e. The Kier molecular flexibility index (Phi) is 5.17. The zero-order chi connectivity index (χ0) is 22.7. The van der Waals surface area contributed by atoms with Gasteiger partial charge in [0.2, 0.25) is 0 Å². The van der Waals surface area contributed by atoms with Gasteiger partial charge in [-0.3, -0.25) is 0 Å². The lowest BCUT2D eigenvalue weighted by atomic mass is 9.83. The van der Waals surface area contributed by atoms with Crippen molar-refractivity contribution in [3.63, 3.8) is 0 Å². The quantitative estimate of drug-likeness (QED) is 0.309. The molecular weight excluding hydrogens is 414 g/mol. The van der Waals surface area contributed by atoms with Gasteiger partial charge in [0.05, 0.1) is 5.70 Å². The van der Waals surface area contributed by atoms with E-state index in [1.807, 2.05) is 6.07 Å². The maximum absolute atomic E-state index is 6.19. The van der Waals surface area contributed by atoms with Crippen LogP contribution in [0, 0.1) is 0 Å². The minimum atomic E-state index is 0.817. The Bertz CT molecular complexity index is 1460. The molecule has 2 heteroatoms. The Balaban J connectivity index is 1.74. The van der Waals surface area contributed by atoms with E-state index in [2.05, 4.69) is 133 Å². The number of benzene rings is 5. The largest absolute Gasteiger partial charge is 0.381 e. The van der Waals surface area contributed by atoms with E-state index < -0.39 is 0 Å². The lowest BCUT2D eigenvalue weighted by molar-refractivity contribution is 0.248. The first-order chi connectivity index (χ1) is 16.9. The standard InChI is InChI=1S/C32H23NO/c1-5-13-23(14-6-1)27-21-22-28-31(29(27)24-15-7-2-8-16-24)30(25-17-9-3-10-18-25)32(33-34-28)26-19-11-4-12-20-26/h1-22,33H. The van der Waals surface area contributed by atoms with Crippen molar-refractivity contribution in [3.05, 3.63) is 150 Å². The number of hydrogen-bond acceptors (Lipinski definition) is 2. The highest BCUT2D eigenvalue weighted by Crippen LogP contribution is 2.48. The number of hydrogen-bond donors (Lipinski definition) is 1. The third kappa shape index (κ3) is 3.56. The lowest BCUT2D eigenvalue weighted by Gasteiger charge is -2.29. The fourth-order valence-electron chi connectivity index (χ4n) is 4.66. The van der Waals surface area contributed by atoms with Crippen molar-refractivity contribution < 1.29 is 4.84 Å². The van der Waals surface area contributed by atoms with Crippen molar-refractivity contribution in [2.45, 2.75) is 0 Å². The molecule has 6 rings (SSSR count). The summed E-state index contributed by atoms with van der Waals surface area (Å²) in [6.07, 6.45) is 0. The predicted octanol–water partition coefficient (Wildman–Crippen LogP) is 7.83. The van der Waals surface area contributed by atoms with Crippen molar-refractivity contribution in [2.24, 2.45) is 0 Å². The van der Waals surface area contributed by atoms with E-state index in [-0.39, 0.29) is 0 Å². The zero-order valence-corrected chi connectivity index (χ0v) is 18.6. The Labute approximate surface area is 199 Å². The van der Waals surface area contributed by atoms with Crippen LogP contribution in [-0.4, -0.2) is 0 Å². The summed E-state index contributed by atoms with van der Waals surface area (Å²) in [6.45, 7) is 0. The van der Waals surface area contributed by atoms with E-state index in [0.717, 1.165) is 44.8 Å². The first kappa shape index (κ1) is 20.1. The summed E-state index contributed by atoms with van der Waals surface area (Å²) < 4.78 is 0. The van der Waals surface area contributed by atoms with Gasteiger partial charge in [0.15, 0.2) is 5.75 Å². The molecule has 1 aliphatic heterocycles. The molecule has 5 aromatic rings. The molecule has 0 aliphatic carbocycles. The monoisotopic (exact) mass is 437 g/mol. The highest BCUT2D eigenvalue weighted by atomic mass is 16.6. The molecule has 0 radical (unpaired) electrons. The fraction of sp³-hybridized carbons (Fsp3) is 0. The van der Waals surface area contributed by atoms with Gasteiger partial charge in [-0.25, -0.2) is 5.48 Å². The Morgan fingerprint density at radius 2 is 0.912 bits per heavy atom. The molecule has 1 N–H and O–H groups in total. The Morgan fingerprint density at radius 3 is 1.50 bits per heavy atom. The molecule has 0 aromatic heterocycles. The second-order valence-electron chi connectivity index (χ2n) is 8.28. The molecule has 0 bridgehead atoms. The SMILES string of the molecule is c1ccc(C2=C(c3ccccc3)c3c(ccc(-c4ccccc4)c3-c3ccccc3)ON2)cc1. The number of rotatable bonds is 4. The molecule has 162 valence electrons. The molecule has 0 fully saturated rings. The fourth-order valence-corrected chi connectivity index (χ4v) is 4.66.